The van der Waals surface area contributed by atoms with Gasteiger partial charge in [0.05, 0.1) is 12.8 Å². The number of hydrogen-bond acceptors (Lipinski definition) is 4. The van der Waals surface area contributed by atoms with Crippen LogP contribution in [0.2, 0.25) is 0 Å². The molecule has 32 heavy (non-hydrogen) atoms. The minimum Gasteiger partial charge on any atom is -0.495 e. The zero-order valence-electron chi connectivity index (χ0n) is 18.5. The Morgan fingerprint density at radius 2 is 1.62 bits per heavy atom. The molecule has 6 nitrogen and oxygen atoms in total. The second kappa shape index (κ2) is 8.98. The number of carbonyl (C=O) groups is 1. The summed E-state index contributed by atoms with van der Waals surface area (Å²) in [5.74, 6) is 1.13. The maximum absolute atomic E-state index is 12.4. The van der Waals surface area contributed by atoms with Crippen LogP contribution in [0.5, 0.6) is 5.75 Å². The van der Waals surface area contributed by atoms with Gasteiger partial charge in [0.2, 0.25) is 5.89 Å². The number of oxazole rings is 1. The first kappa shape index (κ1) is 21.2. The van der Waals surface area contributed by atoms with Crippen molar-refractivity contribution in [2.24, 2.45) is 0 Å². The number of nitrogens with one attached hydrogen (secondary N) is 2. The number of urea groups is 1. The van der Waals surface area contributed by atoms with Crippen molar-refractivity contribution in [1.82, 2.24) is 4.98 Å². The van der Waals surface area contributed by atoms with Gasteiger partial charge in [-0.1, -0.05) is 29.8 Å². The first-order valence-corrected chi connectivity index (χ1v) is 10.3. The first-order chi connectivity index (χ1) is 15.4. The van der Waals surface area contributed by atoms with E-state index in [-0.39, 0.29) is 6.03 Å². The highest BCUT2D eigenvalue weighted by Crippen LogP contribution is 2.28. The molecule has 0 bridgehead atoms. The molecule has 4 aromatic rings. The normalized spacial score (nSPS) is 10.6. The zero-order valence-corrected chi connectivity index (χ0v) is 18.5. The molecule has 1 aromatic heterocycles. The topological polar surface area (TPSA) is 76.4 Å². The quantitative estimate of drug-likeness (QED) is 0.377. The molecule has 6 heteroatoms. The Balaban J connectivity index is 1.45. The number of ether oxygens (including phenoxy) is 1. The molecule has 2 N–H and O–H groups in total. The zero-order chi connectivity index (χ0) is 22.7. The molecule has 1 heterocycles. The highest BCUT2D eigenvalue weighted by atomic mass is 16.5. The summed E-state index contributed by atoms with van der Waals surface area (Å²) in [6, 6.07) is 18.8. The van der Waals surface area contributed by atoms with Crippen LogP contribution in [-0.4, -0.2) is 18.1 Å². The highest BCUT2D eigenvalue weighted by Gasteiger charge is 2.12. The van der Waals surface area contributed by atoms with E-state index in [9.17, 15) is 4.79 Å². The number of hydrogen-bond donors (Lipinski definition) is 2. The Morgan fingerprint density at radius 3 is 2.34 bits per heavy atom. The summed E-state index contributed by atoms with van der Waals surface area (Å²) in [5.41, 5.74) is 7.32. The Morgan fingerprint density at radius 1 is 0.906 bits per heavy atom. The average molecular weight is 428 g/mol. The molecule has 0 saturated carbocycles. The van der Waals surface area contributed by atoms with Crippen LogP contribution in [0.1, 0.15) is 16.7 Å². The monoisotopic (exact) mass is 427 g/mol. The molecule has 0 unspecified atom stereocenters. The van der Waals surface area contributed by atoms with Crippen LogP contribution < -0.4 is 15.4 Å². The molecule has 2 amide bonds. The third-order valence-electron chi connectivity index (χ3n) is 5.15. The fourth-order valence-corrected chi connectivity index (χ4v) is 3.53. The van der Waals surface area contributed by atoms with E-state index in [1.807, 2.05) is 49.4 Å². The minimum atomic E-state index is -0.352. The first-order valence-electron chi connectivity index (χ1n) is 10.3. The number of anilines is 2. The van der Waals surface area contributed by atoms with E-state index in [1.54, 1.807) is 13.4 Å². The molecule has 4 rings (SSSR count). The van der Waals surface area contributed by atoms with Gasteiger partial charge in [0.25, 0.3) is 0 Å². The van der Waals surface area contributed by atoms with Gasteiger partial charge in [0.15, 0.2) is 0 Å². The summed E-state index contributed by atoms with van der Waals surface area (Å²) in [4.78, 5) is 17.1. The standard InChI is InChI=1S/C26H25N3O3/c1-16-5-11-21(18(3)13-16)23-15-32-25(28-23)19-7-9-20(10-8-19)27-26(30)29-22-14-17(2)6-12-24(22)31-4/h5-15H,1-4H3,(H2,27,29,30). The Kier molecular flexibility index (Phi) is 5.94. The van der Waals surface area contributed by atoms with Crippen molar-refractivity contribution in [2.45, 2.75) is 20.8 Å². The van der Waals surface area contributed by atoms with Gasteiger partial charge in [-0.2, -0.15) is 0 Å². The van der Waals surface area contributed by atoms with Gasteiger partial charge in [-0.3, -0.25) is 0 Å². The summed E-state index contributed by atoms with van der Waals surface area (Å²) in [5, 5.41) is 5.65. The van der Waals surface area contributed by atoms with Gasteiger partial charge in [-0.05, 0) is 68.3 Å². The van der Waals surface area contributed by atoms with Crippen molar-refractivity contribution in [3.05, 3.63) is 83.6 Å². The number of benzene rings is 3. The van der Waals surface area contributed by atoms with Crippen molar-refractivity contribution < 1.29 is 13.9 Å². The Labute approximate surface area is 187 Å². The van der Waals surface area contributed by atoms with E-state index in [2.05, 4.69) is 47.7 Å². The molecule has 0 fully saturated rings. The highest BCUT2D eigenvalue weighted by molar-refractivity contribution is 6.00. The van der Waals surface area contributed by atoms with Crippen LogP contribution in [0.3, 0.4) is 0 Å². The second-order valence-electron chi connectivity index (χ2n) is 7.72. The molecule has 0 atom stereocenters. The van der Waals surface area contributed by atoms with Gasteiger partial charge in [0.1, 0.15) is 17.7 Å². The van der Waals surface area contributed by atoms with Gasteiger partial charge < -0.3 is 19.8 Å². The molecule has 3 aromatic carbocycles. The van der Waals surface area contributed by atoms with E-state index in [0.29, 0.717) is 23.0 Å². The van der Waals surface area contributed by atoms with Gasteiger partial charge in [-0.15, -0.1) is 0 Å². The lowest BCUT2D eigenvalue weighted by Gasteiger charge is -2.12. The molecule has 0 spiro atoms. The second-order valence-corrected chi connectivity index (χ2v) is 7.72. The predicted octanol–water partition coefficient (Wildman–Crippen LogP) is 6.59. The lowest BCUT2D eigenvalue weighted by atomic mass is 10.0. The largest absolute Gasteiger partial charge is 0.495 e. The SMILES string of the molecule is COc1ccc(C)cc1NC(=O)Nc1ccc(-c2nc(-c3ccc(C)cc3C)co2)cc1. The number of amides is 2. The molecular formula is C26H25N3O3. The smallest absolute Gasteiger partial charge is 0.323 e. The predicted molar refractivity (Wildman–Crippen MR) is 127 cm³/mol. The Bertz CT molecular complexity index is 1260. The molecule has 0 saturated heterocycles. The van der Waals surface area contributed by atoms with Crippen molar-refractivity contribution in [3.8, 4) is 28.5 Å². The maximum Gasteiger partial charge on any atom is 0.323 e. The number of aromatic nitrogens is 1. The number of nitrogens with zero attached hydrogens (tertiary/aromatic N) is 1. The van der Waals surface area contributed by atoms with Crippen molar-refractivity contribution in [1.29, 1.82) is 0 Å². The summed E-state index contributed by atoms with van der Waals surface area (Å²) < 4.78 is 11.0. The number of aryl methyl sites for hydroxylation is 3. The van der Waals surface area contributed by atoms with Crippen LogP contribution in [0.4, 0.5) is 16.2 Å². The number of methoxy groups -OCH3 is 1. The number of rotatable bonds is 5. The summed E-state index contributed by atoms with van der Waals surface area (Å²) in [6.07, 6.45) is 1.67. The average Bonchev–Trinajstić information content (AvgIpc) is 3.24. The van der Waals surface area contributed by atoms with Crippen LogP contribution in [-0.2, 0) is 0 Å². The lowest BCUT2D eigenvalue weighted by molar-refractivity contribution is 0.262. The lowest BCUT2D eigenvalue weighted by Crippen LogP contribution is -2.19. The molecule has 0 radical (unpaired) electrons. The maximum atomic E-state index is 12.4. The fraction of sp³-hybridized carbons (Fsp3) is 0.154. The van der Waals surface area contributed by atoms with E-state index < -0.39 is 0 Å². The summed E-state index contributed by atoms with van der Waals surface area (Å²) in [7, 11) is 1.57. The molecular weight excluding hydrogens is 402 g/mol. The number of carbonyl (C=O) groups excluding carboxylic acids is 1. The van der Waals surface area contributed by atoms with E-state index in [0.717, 1.165) is 27.9 Å². The molecule has 162 valence electrons. The minimum absolute atomic E-state index is 0.352. The van der Waals surface area contributed by atoms with Crippen LogP contribution in [0.25, 0.3) is 22.7 Å². The summed E-state index contributed by atoms with van der Waals surface area (Å²) >= 11 is 0. The molecule has 0 aliphatic carbocycles. The van der Waals surface area contributed by atoms with Crippen LogP contribution in [0, 0.1) is 20.8 Å². The van der Waals surface area contributed by atoms with Gasteiger partial charge in [0, 0.05) is 16.8 Å². The molecule has 0 aliphatic rings. The van der Waals surface area contributed by atoms with E-state index >= 15 is 0 Å². The molecule has 0 aliphatic heterocycles. The van der Waals surface area contributed by atoms with Gasteiger partial charge in [-0.25, -0.2) is 9.78 Å². The van der Waals surface area contributed by atoms with Crippen molar-refractivity contribution in [3.63, 3.8) is 0 Å². The summed E-state index contributed by atoms with van der Waals surface area (Å²) in [6.45, 7) is 6.09. The third kappa shape index (κ3) is 4.64. The van der Waals surface area contributed by atoms with E-state index in [1.165, 1.54) is 5.56 Å². The third-order valence-corrected chi connectivity index (χ3v) is 5.15. The van der Waals surface area contributed by atoms with Crippen LogP contribution in [0.15, 0.2) is 71.3 Å². The van der Waals surface area contributed by atoms with Crippen LogP contribution >= 0.6 is 0 Å². The van der Waals surface area contributed by atoms with Gasteiger partial charge >= 0.3 is 6.03 Å². The van der Waals surface area contributed by atoms with E-state index in [4.69, 9.17) is 9.15 Å². The fourth-order valence-electron chi connectivity index (χ4n) is 3.53. The Hall–Kier alpha value is -4.06. The van der Waals surface area contributed by atoms with Crippen molar-refractivity contribution in [2.75, 3.05) is 17.7 Å². The van der Waals surface area contributed by atoms with Crippen molar-refractivity contribution >= 4 is 17.4 Å².